The second-order valence-corrected chi connectivity index (χ2v) is 12.4. The van der Waals surface area contributed by atoms with E-state index in [9.17, 15) is 0 Å². The molecule has 3 heterocycles. The topological polar surface area (TPSA) is 56.7 Å². The van der Waals surface area contributed by atoms with Gasteiger partial charge in [0.2, 0.25) is 5.95 Å². The molecule has 3 aromatic heterocycles. The smallest absolute Gasteiger partial charge is 0.238 e. The van der Waals surface area contributed by atoms with E-state index < -0.39 is 0 Å². The molecule has 0 amide bonds. The lowest BCUT2D eigenvalue weighted by atomic mass is 9.93. The van der Waals surface area contributed by atoms with Crippen LogP contribution in [-0.2, 0) is 0 Å². The van der Waals surface area contributed by atoms with E-state index >= 15 is 0 Å². The third-order valence-corrected chi connectivity index (χ3v) is 9.46. The number of rotatable bonds is 5. The van der Waals surface area contributed by atoms with Crippen LogP contribution in [0, 0.1) is 0 Å². The molecule has 7 aromatic carbocycles. The van der Waals surface area contributed by atoms with Crippen LogP contribution in [0.1, 0.15) is 0 Å². The molecule has 0 aliphatic heterocycles. The fraction of sp³-hybridized carbons (Fsp3) is 0. The maximum atomic E-state index is 6.55. The molecule has 0 radical (unpaired) electrons. The van der Waals surface area contributed by atoms with Crippen LogP contribution in [-0.4, -0.2) is 19.5 Å². The van der Waals surface area contributed by atoms with E-state index in [2.05, 4.69) is 102 Å². The molecular formula is C45H28N4O. The summed E-state index contributed by atoms with van der Waals surface area (Å²) in [6.07, 6.45) is 0. The van der Waals surface area contributed by atoms with Gasteiger partial charge < -0.3 is 4.42 Å². The van der Waals surface area contributed by atoms with Gasteiger partial charge in [0.25, 0.3) is 0 Å². The van der Waals surface area contributed by atoms with Crippen molar-refractivity contribution in [3.63, 3.8) is 0 Å². The Morgan fingerprint density at radius 2 is 0.980 bits per heavy atom. The van der Waals surface area contributed by atoms with Gasteiger partial charge in [0.1, 0.15) is 11.2 Å². The standard InChI is InChI=1S/C45H28N4O/c1-4-15-29(16-5-1)37-27-32(28-40-41(37)36-22-11-13-26-39(36)50-40)33-23-14-24-35-34-21-10-12-25-38(34)49(42(33)35)45-47-43(30-17-6-2-7-18-30)46-44(48-45)31-19-8-3-9-20-31/h1-28H. The SMILES string of the molecule is c1ccc(-c2nc(-c3ccccc3)nc(-n3c4ccccc4c4cccc(-c5cc(-c6ccccc6)c6c(c5)oc5ccccc56)c43)n2)cc1. The number of hydrogen-bond donors (Lipinski definition) is 0. The average Bonchev–Trinajstić information content (AvgIpc) is 3.74. The summed E-state index contributed by atoms with van der Waals surface area (Å²) >= 11 is 0. The predicted molar refractivity (Wildman–Crippen MR) is 203 cm³/mol. The van der Waals surface area contributed by atoms with Crippen molar-refractivity contribution in [2.24, 2.45) is 0 Å². The molecular weight excluding hydrogens is 613 g/mol. The van der Waals surface area contributed by atoms with Gasteiger partial charge in [0.15, 0.2) is 11.6 Å². The summed E-state index contributed by atoms with van der Waals surface area (Å²) in [6.45, 7) is 0. The van der Waals surface area contributed by atoms with Crippen LogP contribution < -0.4 is 0 Å². The summed E-state index contributed by atoms with van der Waals surface area (Å²) in [5.41, 5.74) is 9.98. The molecule has 5 nitrogen and oxygen atoms in total. The van der Waals surface area contributed by atoms with Crippen molar-refractivity contribution in [1.82, 2.24) is 19.5 Å². The molecule has 0 fully saturated rings. The third kappa shape index (κ3) is 4.52. The molecule has 0 bridgehead atoms. The third-order valence-electron chi connectivity index (χ3n) is 9.46. The van der Waals surface area contributed by atoms with Crippen molar-refractivity contribution < 1.29 is 4.42 Å². The van der Waals surface area contributed by atoms with Gasteiger partial charge in [0, 0.05) is 38.2 Å². The number of para-hydroxylation sites is 3. The molecule has 10 rings (SSSR count). The Hall–Kier alpha value is -6.85. The highest BCUT2D eigenvalue weighted by Crippen LogP contribution is 2.43. The normalized spacial score (nSPS) is 11.6. The van der Waals surface area contributed by atoms with Crippen molar-refractivity contribution in [2.75, 3.05) is 0 Å². The summed E-state index contributed by atoms with van der Waals surface area (Å²) in [6, 6.07) is 58.5. The number of aromatic nitrogens is 4. The first-order valence-corrected chi connectivity index (χ1v) is 16.7. The van der Waals surface area contributed by atoms with Gasteiger partial charge in [-0.05, 0) is 41.0 Å². The Labute approximate surface area is 287 Å². The van der Waals surface area contributed by atoms with Crippen molar-refractivity contribution in [3.05, 3.63) is 170 Å². The molecule has 0 aliphatic carbocycles. The van der Waals surface area contributed by atoms with Crippen LogP contribution in [0.5, 0.6) is 0 Å². The van der Waals surface area contributed by atoms with Crippen molar-refractivity contribution >= 4 is 43.7 Å². The molecule has 0 spiro atoms. The van der Waals surface area contributed by atoms with E-state index in [0.717, 1.165) is 77.1 Å². The Morgan fingerprint density at radius 3 is 1.68 bits per heavy atom. The highest BCUT2D eigenvalue weighted by atomic mass is 16.3. The monoisotopic (exact) mass is 640 g/mol. The van der Waals surface area contributed by atoms with Gasteiger partial charge >= 0.3 is 0 Å². The van der Waals surface area contributed by atoms with E-state index in [1.165, 1.54) is 0 Å². The summed E-state index contributed by atoms with van der Waals surface area (Å²) in [4.78, 5) is 15.3. The Morgan fingerprint density at radius 1 is 0.400 bits per heavy atom. The first kappa shape index (κ1) is 28.2. The Bertz CT molecular complexity index is 2800. The van der Waals surface area contributed by atoms with Gasteiger partial charge in [-0.15, -0.1) is 0 Å². The predicted octanol–water partition coefficient (Wildman–Crippen LogP) is 11.5. The van der Waals surface area contributed by atoms with E-state index in [-0.39, 0.29) is 0 Å². The fourth-order valence-corrected chi connectivity index (χ4v) is 7.21. The minimum Gasteiger partial charge on any atom is -0.456 e. The molecule has 50 heavy (non-hydrogen) atoms. The quantitative estimate of drug-likeness (QED) is 0.188. The van der Waals surface area contributed by atoms with E-state index in [0.29, 0.717) is 17.6 Å². The summed E-state index contributed by atoms with van der Waals surface area (Å²) < 4.78 is 8.75. The molecule has 0 N–H and O–H groups in total. The van der Waals surface area contributed by atoms with Gasteiger partial charge in [-0.25, -0.2) is 4.98 Å². The molecule has 0 unspecified atom stereocenters. The molecule has 10 aromatic rings. The van der Waals surface area contributed by atoms with E-state index in [4.69, 9.17) is 19.4 Å². The Kier molecular flexibility index (Phi) is 6.42. The number of furan rings is 1. The number of hydrogen-bond acceptors (Lipinski definition) is 4. The van der Waals surface area contributed by atoms with Crippen LogP contribution in [0.4, 0.5) is 0 Å². The van der Waals surface area contributed by atoms with E-state index in [1.807, 2.05) is 72.8 Å². The molecule has 5 heteroatoms. The summed E-state index contributed by atoms with van der Waals surface area (Å²) in [7, 11) is 0. The van der Waals surface area contributed by atoms with Crippen LogP contribution >= 0.6 is 0 Å². The molecule has 0 saturated carbocycles. The molecule has 234 valence electrons. The van der Waals surface area contributed by atoms with Crippen LogP contribution in [0.15, 0.2) is 174 Å². The molecule has 0 saturated heterocycles. The summed E-state index contributed by atoms with van der Waals surface area (Å²) in [5.74, 6) is 1.80. The number of nitrogens with zero attached hydrogens (tertiary/aromatic N) is 4. The van der Waals surface area contributed by atoms with Gasteiger partial charge in [-0.3, -0.25) is 4.57 Å². The zero-order chi connectivity index (χ0) is 33.0. The lowest BCUT2D eigenvalue weighted by Crippen LogP contribution is -2.07. The van der Waals surface area contributed by atoms with Gasteiger partial charge in [0.05, 0.1) is 11.0 Å². The Balaban J connectivity index is 1.30. The van der Waals surface area contributed by atoms with Gasteiger partial charge in [-0.2, -0.15) is 9.97 Å². The minimum absolute atomic E-state index is 0.560. The molecule has 0 aliphatic rings. The second-order valence-electron chi connectivity index (χ2n) is 12.4. The zero-order valence-electron chi connectivity index (χ0n) is 26.9. The summed E-state index contributed by atoms with van der Waals surface area (Å²) in [5, 5.41) is 4.46. The lowest BCUT2D eigenvalue weighted by molar-refractivity contribution is 0.669. The number of fused-ring (bicyclic) bond motifs is 6. The molecule has 0 atom stereocenters. The highest BCUT2D eigenvalue weighted by molar-refractivity contribution is 6.17. The maximum Gasteiger partial charge on any atom is 0.238 e. The first-order chi connectivity index (χ1) is 24.8. The van der Waals surface area contributed by atoms with Gasteiger partial charge in [-0.1, -0.05) is 146 Å². The maximum absolute atomic E-state index is 6.55. The van der Waals surface area contributed by atoms with E-state index in [1.54, 1.807) is 0 Å². The number of benzene rings is 7. The highest BCUT2D eigenvalue weighted by Gasteiger charge is 2.22. The van der Waals surface area contributed by atoms with Crippen LogP contribution in [0.25, 0.3) is 94.7 Å². The second kappa shape index (κ2) is 11.4. The van der Waals surface area contributed by atoms with Crippen molar-refractivity contribution in [1.29, 1.82) is 0 Å². The van der Waals surface area contributed by atoms with Crippen molar-refractivity contribution in [2.45, 2.75) is 0 Å². The fourth-order valence-electron chi connectivity index (χ4n) is 7.21. The lowest BCUT2D eigenvalue weighted by Gasteiger charge is -2.14. The van der Waals surface area contributed by atoms with Crippen molar-refractivity contribution in [3.8, 4) is 51.0 Å². The first-order valence-electron chi connectivity index (χ1n) is 16.7. The minimum atomic E-state index is 0.560. The average molecular weight is 641 g/mol. The van der Waals surface area contributed by atoms with Crippen LogP contribution in [0.2, 0.25) is 0 Å². The zero-order valence-corrected chi connectivity index (χ0v) is 26.9. The largest absolute Gasteiger partial charge is 0.456 e. The van der Waals surface area contributed by atoms with Crippen LogP contribution in [0.3, 0.4) is 0 Å².